The fraction of sp³-hybridized carbons (Fsp3) is 0.538. The first-order valence-electron chi connectivity index (χ1n) is 6.15. The number of nitrogens with two attached hydrogens (primary N) is 1. The van der Waals surface area contributed by atoms with Crippen LogP contribution < -0.4 is 11.1 Å². The summed E-state index contributed by atoms with van der Waals surface area (Å²) in [5.74, 6) is -0.107. The van der Waals surface area contributed by atoms with Gasteiger partial charge < -0.3 is 11.1 Å². The summed E-state index contributed by atoms with van der Waals surface area (Å²) < 4.78 is 0. The van der Waals surface area contributed by atoms with E-state index in [2.05, 4.69) is 17.2 Å². The molecule has 0 bridgehead atoms. The number of rotatable bonds is 4. The van der Waals surface area contributed by atoms with Gasteiger partial charge in [-0.1, -0.05) is 13.3 Å². The number of anilines is 1. The lowest BCUT2D eigenvalue weighted by Gasteiger charge is -2.41. The van der Waals surface area contributed by atoms with Crippen molar-refractivity contribution in [3.8, 4) is 0 Å². The average molecular weight is 233 g/mol. The molecule has 92 valence electrons. The van der Waals surface area contributed by atoms with E-state index in [0.717, 1.165) is 13.0 Å². The van der Waals surface area contributed by atoms with E-state index in [9.17, 15) is 4.79 Å². The van der Waals surface area contributed by atoms with Crippen molar-refractivity contribution in [2.75, 3.05) is 12.3 Å². The normalized spacial score (nSPS) is 17.2. The van der Waals surface area contributed by atoms with Gasteiger partial charge in [-0.05, 0) is 36.8 Å². The molecule has 1 saturated carbocycles. The van der Waals surface area contributed by atoms with E-state index in [-0.39, 0.29) is 5.91 Å². The number of hydrogen-bond donors (Lipinski definition) is 2. The standard InChI is InChI=1S/C13H19N3O/c1-2-13(6-3-7-13)9-16-12(17)11-5-4-10(14)8-15-11/h4-5,8H,2-3,6-7,9,14H2,1H3,(H,16,17). The number of nitrogens with zero attached hydrogens (tertiary/aromatic N) is 1. The van der Waals surface area contributed by atoms with Gasteiger partial charge in [0.2, 0.25) is 0 Å². The van der Waals surface area contributed by atoms with Gasteiger partial charge in [-0.15, -0.1) is 0 Å². The molecule has 0 spiro atoms. The Balaban J connectivity index is 1.91. The minimum Gasteiger partial charge on any atom is -0.397 e. The fourth-order valence-electron chi connectivity index (χ4n) is 2.23. The summed E-state index contributed by atoms with van der Waals surface area (Å²) in [4.78, 5) is 15.9. The molecule has 2 rings (SSSR count). The lowest BCUT2D eigenvalue weighted by molar-refractivity contribution is 0.0845. The summed E-state index contributed by atoms with van der Waals surface area (Å²) in [6.07, 6.45) is 6.36. The molecular weight excluding hydrogens is 214 g/mol. The third-order valence-corrected chi connectivity index (χ3v) is 3.81. The highest BCUT2D eigenvalue weighted by Gasteiger charge is 2.35. The van der Waals surface area contributed by atoms with Crippen LogP contribution in [0.4, 0.5) is 5.69 Å². The van der Waals surface area contributed by atoms with Crippen LogP contribution in [0.1, 0.15) is 43.1 Å². The van der Waals surface area contributed by atoms with E-state index in [0.29, 0.717) is 16.8 Å². The van der Waals surface area contributed by atoms with E-state index in [1.165, 1.54) is 25.5 Å². The Morgan fingerprint density at radius 2 is 2.29 bits per heavy atom. The molecule has 1 amide bonds. The maximum absolute atomic E-state index is 11.8. The highest BCUT2D eigenvalue weighted by molar-refractivity contribution is 5.92. The quantitative estimate of drug-likeness (QED) is 0.835. The fourth-order valence-corrected chi connectivity index (χ4v) is 2.23. The zero-order valence-corrected chi connectivity index (χ0v) is 10.2. The van der Waals surface area contributed by atoms with E-state index in [1.807, 2.05) is 0 Å². The van der Waals surface area contributed by atoms with Crippen LogP contribution in [0, 0.1) is 5.41 Å². The third-order valence-electron chi connectivity index (χ3n) is 3.81. The molecule has 1 fully saturated rings. The second kappa shape index (κ2) is 4.73. The van der Waals surface area contributed by atoms with Gasteiger partial charge in [0, 0.05) is 6.54 Å². The number of aromatic nitrogens is 1. The van der Waals surface area contributed by atoms with Gasteiger partial charge in [0.05, 0.1) is 11.9 Å². The largest absolute Gasteiger partial charge is 0.397 e. The van der Waals surface area contributed by atoms with Gasteiger partial charge in [0.25, 0.3) is 5.91 Å². The Bertz CT molecular complexity index is 390. The zero-order chi connectivity index (χ0) is 12.3. The Kier molecular flexibility index (Phi) is 3.31. The van der Waals surface area contributed by atoms with Crippen LogP contribution in [0.2, 0.25) is 0 Å². The van der Waals surface area contributed by atoms with Gasteiger partial charge in [0.1, 0.15) is 5.69 Å². The SMILES string of the molecule is CCC1(CNC(=O)c2ccc(N)cn2)CCC1. The second-order valence-electron chi connectivity index (χ2n) is 4.87. The zero-order valence-electron chi connectivity index (χ0n) is 10.2. The van der Waals surface area contributed by atoms with Gasteiger partial charge in [-0.2, -0.15) is 0 Å². The smallest absolute Gasteiger partial charge is 0.269 e. The van der Waals surface area contributed by atoms with Crippen LogP contribution in [-0.2, 0) is 0 Å². The summed E-state index contributed by atoms with van der Waals surface area (Å²) in [6, 6.07) is 3.35. The minimum absolute atomic E-state index is 0.107. The first kappa shape index (κ1) is 11.9. The van der Waals surface area contributed by atoms with E-state index in [1.54, 1.807) is 12.1 Å². The lowest BCUT2D eigenvalue weighted by atomic mass is 9.67. The lowest BCUT2D eigenvalue weighted by Crippen LogP contribution is -2.41. The highest BCUT2D eigenvalue weighted by atomic mass is 16.1. The van der Waals surface area contributed by atoms with E-state index >= 15 is 0 Å². The number of carbonyl (C=O) groups is 1. The summed E-state index contributed by atoms with van der Waals surface area (Å²) in [5, 5.41) is 2.97. The topological polar surface area (TPSA) is 68.0 Å². The summed E-state index contributed by atoms with van der Waals surface area (Å²) in [5.41, 5.74) is 6.87. The Morgan fingerprint density at radius 1 is 1.53 bits per heavy atom. The van der Waals surface area contributed by atoms with Crippen molar-refractivity contribution in [1.82, 2.24) is 10.3 Å². The third kappa shape index (κ3) is 2.57. The average Bonchev–Trinajstić information content (AvgIpc) is 2.29. The molecule has 1 aliphatic rings. The maximum Gasteiger partial charge on any atom is 0.269 e. The van der Waals surface area contributed by atoms with Crippen molar-refractivity contribution >= 4 is 11.6 Å². The molecule has 1 aromatic heterocycles. The predicted octanol–water partition coefficient (Wildman–Crippen LogP) is 1.97. The Hall–Kier alpha value is -1.58. The molecule has 1 aromatic rings. The van der Waals surface area contributed by atoms with Gasteiger partial charge in [0.15, 0.2) is 0 Å². The van der Waals surface area contributed by atoms with Gasteiger partial charge >= 0.3 is 0 Å². The molecule has 1 heterocycles. The summed E-state index contributed by atoms with van der Waals surface area (Å²) >= 11 is 0. The predicted molar refractivity (Wildman–Crippen MR) is 67.6 cm³/mol. The molecule has 0 unspecified atom stereocenters. The molecule has 4 nitrogen and oxygen atoms in total. The van der Waals surface area contributed by atoms with E-state index < -0.39 is 0 Å². The van der Waals surface area contributed by atoms with Crippen LogP contribution in [0.5, 0.6) is 0 Å². The van der Waals surface area contributed by atoms with Crippen molar-refractivity contribution in [3.63, 3.8) is 0 Å². The molecule has 0 aromatic carbocycles. The summed E-state index contributed by atoms with van der Waals surface area (Å²) in [7, 11) is 0. The second-order valence-corrected chi connectivity index (χ2v) is 4.87. The van der Waals surface area contributed by atoms with Crippen molar-refractivity contribution in [2.24, 2.45) is 5.41 Å². The van der Waals surface area contributed by atoms with Crippen LogP contribution >= 0.6 is 0 Å². The molecule has 3 N–H and O–H groups in total. The van der Waals surface area contributed by atoms with Gasteiger partial charge in [-0.25, -0.2) is 4.98 Å². The van der Waals surface area contributed by atoms with Crippen LogP contribution in [0.25, 0.3) is 0 Å². The van der Waals surface area contributed by atoms with Crippen molar-refractivity contribution in [1.29, 1.82) is 0 Å². The number of amides is 1. The van der Waals surface area contributed by atoms with Crippen LogP contribution in [0.15, 0.2) is 18.3 Å². The molecule has 1 aliphatic carbocycles. The molecule has 17 heavy (non-hydrogen) atoms. The molecule has 0 atom stereocenters. The number of carbonyl (C=O) groups excluding carboxylic acids is 1. The number of hydrogen-bond acceptors (Lipinski definition) is 3. The minimum atomic E-state index is -0.107. The first-order valence-corrected chi connectivity index (χ1v) is 6.15. The Labute approximate surface area is 102 Å². The number of pyridine rings is 1. The number of nitrogens with one attached hydrogen (secondary N) is 1. The molecular formula is C13H19N3O. The van der Waals surface area contributed by atoms with Crippen molar-refractivity contribution in [2.45, 2.75) is 32.6 Å². The van der Waals surface area contributed by atoms with Crippen LogP contribution in [-0.4, -0.2) is 17.4 Å². The Morgan fingerprint density at radius 3 is 2.76 bits per heavy atom. The summed E-state index contributed by atoms with van der Waals surface area (Å²) in [6.45, 7) is 2.95. The van der Waals surface area contributed by atoms with Gasteiger partial charge in [-0.3, -0.25) is 4.79 Å². The van der Waals surface area contributed by atoms with Crippen molar-refractivity contribution in [3.05, 3.63) is 24.0 Å². The van der Waals surface area contributed by atoms with Crippen LogP contribution in [0.3, 0.4) is 0 Å². The first-order chi connectivity index (χ1) is 8.15. The molecule has 0 aliphatic heterocycles. The molecule has 4 heteroatoms. The highest BCUT2D eigenvalue weighted by Crippen LogP contribution is 2.43. The molecule has 0 radical (unpaired) electrons. The monoisotopic (exact) mass is 233 g/mol. The maximum atomic E-state index is 11.8. The van der Waals surface area contributed by atoms with Crippen molar-refractivity contribution < 1.29 is 4.79 Å². The van der Waals surface area contributed by atoms with E-state index in [4.69, 9.17) is 5.73 Å². The molecule has 0 saturated heterocycles. The number of nitrogen functional groups attached to an aromatic ring is 1.